The van der Waals surface area contributed by atoms with Gasteiger partial charge in [-0.2, -0.15) is 10.4 Å². The first-order chi connectivity index (χ1) is 9.15. The third-order valence-corrected chi connectivity index (χ3v) is 3.23. The zero-order chi connectivity index (χ0) is 13.8. The van der Waals surface area contributed by atoms with Crippen molar-refractivity contribution in [3.8, 4) is 11.8 Å². The number of aryl methyl sites for hydroxylation is 1. The zero-order valence-corrected chi connectivity index (χ0v) is 11.7. The SMILES string of the molecule is CCc1ccc(-n2nc(CC#N)cc2C(C)C)cc1. The van der Waals surface area contributed by atoms with E-state index in [4.69, 9.17) is 5.26 Å². The number of aromatic nitrogens is 2. The lowest BCUT2D eigenvalue weighted by Crippen LogP contribution is -2.03. The highest BCUT2D eigenvalue weighted by Gasteiger charge is 2.12. The van der Waals surface area contributed by atoms with E-state index >= 15 is 0 Å². The fraction of sp³-hybridized carbons (Fsp3) is 0.375. The third kappa shape index (κ3) is 2.85. The summed E-state index contributed by atoms with van der Waals surface area (Å²) in [5, 5.41) is 13.3. The molecule has 1 heterocycles. The largest absolute Gasteiger partial charge is 0.237 e. The van der Waals surface area contributed by atoms with Crippen LogP contribution in [0.3, 0.4) is 0 Å². The summed E-state index contributed by atoms with van der Waals surface area (Å²) in [6.07, 6.45) is 1.40. The summed E-state index contributed by atoms with van der Waals surface area (Å²) in [4.78, 5) is 0. The molecular weight excluding hydrogens is 234 g/mol. The molecule has 19 heavy (non-hydrogen) atoms. The van der Waals surface area contributed by atoms with E-state index in [2.05, 4.69) is 56.2 Å². The van der Waals surface area contributed by atoms with Crippen LogP contribution in [0.15, 0.2) is 30.3 Å². The second-order valence-electron chi connectivity index (χ2n) is 4.98. The predicted octanol–water partition coefficient (Wildman–Crippen LogP) is 3.62. The molecule has 0 unspecified atom stereocenters. The summed E-state index contributed by atoms with van der Waals surface area (Å²) >= 11 is 0. The van der Waals surface area contributed by atoms with E-state index in [1.807, 2.05) is 10.7 Å². The average molecular weight is 253 g/mol. The summed E-state index contributed by atoms with van der Waals surface area (Å²) in [5.74, 6) is 0.380. The highest BCUT2D eigenvalue weighted by Crippen LogP contribution is 2.21. The van der Waals surface area contributed by atoms with E-state index in [0.29, 0.717) is 12.3 Å². The van der Waals surface area contributed by atoms with Crippen molar-refractivity contribution in [1.82, 2.24) is 9.78 Å². The second-order valence-corrected chi connectivity index (χ2v) is 4.98. The Morgan fingerprint density at radius 2 is 1.95 bits per heavy atom. The van der Waals surface area contributed by atoms with Crippen LogP contribution in [0.5, 0.6) is 0 Å². The van der Waals surface area contributed by atoms with Gasteiger partial charge in [-0.3, -0.25) is 0 Å². The van der Waals surface area contributed by atoms with Crippen molar-refractivity contribution in [3.63, 3.8) is 0 Å². The summed E-state index contributed by atoms with van der Waals surface area (Å²) < 4.78 is 1.96. The Bertz CT molecular complexity index is 585. The van der Waals surface area contributed by atoms with Gasteiger partial charge >= 0.3 is 0 Å². The van der Waals surface area contributed by atoms with Crippen molar-refractivity contribution in [1.29, 1.82) is 5.26 Å². The van der Waals surface area contributed by atoms with Crippen molar-refractivity contribution >= 4 is 0 Å². The van der Waals surface area contributed by atoms with Crippen molar-refractivity contribution in [2.45, 2.75) is 39.5 Å². The molecule has 0 aliphatic carbocycles. The van der Waals surface area contributed by atoms with E-state index in [9.17, 15) is 0 Å². The van der Waals surface area contributed by atoms with Crippen molar-refractivity contribution < 1.29 is 0 Å². The highest BCUT2D eigenvalue weighted by atomic mass is 15.3. The van der Waals surface area contributed by atoms with E-state index in [0.717, 1.165) is 23.5 Å². The van der Waals surface area contributed by atoms with Gasteiger partial charge < -0.3 is 0 Å². The van der Waals surface area contributed by atoms with Crippen molar-refractivity contribution in [3.05, 3.63) is 47.3 Å². The van der Waals surface area contributed by atoms with Crippen LogP contribution >= 0.6 is 0 Å². The van der Waals surface area contributed by atoms with Gasteiger partial charge in [-0.1, -0.05) is 32.9 Å². The van der Waals surface area contributed by atoms with E-state index in [1.165, 1.54) is 5.56 Å². The molecule has 2 aromatic rings. The van der Waals surface area contributed by atoms with Gasteiger partial charge in [-0.05, 0) is 36.1 Å². The van der Waals surface area contributed by atoms with Gasteiger partial charge in [0.15, 0.2) is 0 Å². The molecule has 0 aliphatic rings. The molecule has 3 heteroatoms. The van der Waals surface area contributed by atoms with Gasteiger partial charge in [0, 0.05) is 5.69 Å². The lowest BCUT2D eigenvalue weighted by molar-refractivity contribution is 0.729. The minimum atomic E-state index is 0.361. The van der Waals surface area contributed by atoms with Crippen LogP contribution in [0.4, 0.5) is 0 Å². The Morgan fingerprint density at radius 3 is 2.47 bits per heavy atom. The van der Waals surface area contributed by atoms with Crippen LogP contribution in [0, 0.1) is 11.3 Å². The van der Waals surface area contributed by atoms with Crippen LogP contribution in [0.1, 0.15) is 43.6 Å². The van der Waals surface area contributed by atoms with Gasteiger partial charge in [0.05, 0.1) is 23.9 Å². The fourth-order valence-corrected chi connectivity index (χ4v) is 2.11. The molecule has 98 valence electrons. The first-order valence-corrected chi connectivity index (χ1v) is 6.70. The summed E-state index contributed by atoms with van der Waals surface area (Å²) in [5.41, 5.74) is 4.37. The van der Waals surface area contributed by atoms with Crippen molar-refractivity contribution in [2.75, 3.05) is 0 Å². The quantitative estimate of drug-likeness (QED) is 0.835. The summed E-state index contributed by atoms with van der Waals surface area (Å²) in [7, 11) is 0. The molecule has 0 bridgehead atoms. The maximum absolute atomic E-state index is 8.80. The van der Waals surface area contributed by atoms with Gasteiger partial charge in [0.1, 0.15) is 0 Å². The Hall–Kier alpha value is -2.08. The Kier molecular flexibility index (Phi) is 4.01. The van der Waals surface area contributed by atoms with Crippen LogP contribution < -0.4 is 0 Å². The Labute approximate surface area is 114 Å². The number of nitrogens with zero attached hydrogens (tertiary/aromatic N) is 3. The zero-order valence-electron chi connectivity index (χ0n) is 11.7. The molecule has 3 nitrogen and oxygen atoms in total. The van der Waals surface area contributed by atoms with E-state index < -0.39 is 0 Å². The fourth-order valence-electron chi connectivity index (χ4n) is 2.11. The minimum absolute atomic E-state index is 0.361. The molecule has 0 aliphatic heterocycles. The normalized spacial score (nSPS) is 10.7. The molecule has 0 saturated heterocycles. The van der Waals surface area contributed by atoms with Gasteiger partial charge in [0.2, 0.25) is 0 Å². The topological polar surface area (TPSA) is 41.6 Å². The van der Waals surface area contributed by atoms with Crippen LogP contribution in [0.2, 0.25) is 0 Å². The lowest BCUT2D eigenvalue weighted by Gasteiger charge is -2.10. The monoisotopic (exact) mass is 253 g/mol. The lowest BCUT2D eigenvalue weighted by atomic mass is 10.1. The van der Waals surface area contributed by atoms with Gasteiger partial charge in [0.25, 0.3) is 0 Å². The molecule has 0 saturated carbocycles. The maximum atomic E-state index is 8.80. The molecular formula is C16H19N3. The second kappa shape index (κ2) is 5.71. The average Bonchev–Trinajstić information content (AvgIpc) is 2.83. The van der Waals surface area contributed by atoms with Crippen LogP contribution in [0.25, 0.3) is 5.69 Å². The molecule has 2 rings (SSSR count). The summed E-state index contributed by atoms with van der Waals surface area (Å²) in [6.45, 7) is 6.43. The molecule has 0 spiro atoms. The molecule has 0 fully saturated rings. The smallest absolute Gasteiger partial charge is 0.0793 e. The van der Waals surface area contributed by atoms with E-state index in [-0.39, 0.29) is 0 Å². The standard InChI is InChI=1S/C16H19N3/c1-4-13-5-7-15(8-6-13)19-16(12(2)3)11-14(18-19)9-10-17/h5-8,11-12H,4,9H2,1-3H3. The first-order valence-electron chi connectivity index (χ1n) is 6.70. The molecule has 0 N–H and O–H groups in total. The number of hydrogen-bond donors (Lipinski definition) is 0. The molecule has 1 aromatic heterocycles. The van der Waals surface area contributed by atoms with Gasteiger partial charge in [-0.15, -0.1) is 0 Å². The minimum Gasteiger partial charge on any atom is -0.237 e. The van der Waals surface area contributed by atoms with Crippen LogP contribution in [-0.2, 0) is 12.8 Å². The summed E-state index contributed by atoms with van der Waals surface area (Å²) in [6, 6.07) is 12.6. The third-order valence-electron chi connectivity index (χ3n) is 3.23. The number of benzene rings is 1. The molecule has 0 radical (unpaired) electrons. The predicted molar refractivity (Wildman–Crippen MR) is 76.3 cm³/mol. The number of hydrogen-bond acceptors (Lipinski definition) is 2. The maximum Gasteiger partial charge on any atom is 0.0793 e. The van der Waals surface area contributed by atoms with Crippen LogP contribution in [-0.4, -0.2) is 9.78 Å². The number of rotatable bonds is 4. The molecule has 0 atom stereocenters. The first kappa shape index (κ1) is 13.4. The Morgan fingerprint density at radius 1 is 1.26 bits per heavy atom. The molecule has 1 aromatic carbocycles. The molecule has 0 amide bonds. The Balaban J connectivity index is 2.44. The van der Waals surface area contributed by atoms with Crippen molar-refractivity contribution in [2.24, 2.45) is 0 Å². The van der Waals surface area contributed by atoms with E-state index in [1.54, 1.807) is 0 Å². The number of nitriles is 1. The highest BCUT2D eigenvalue weighted by molar-refractivity contribution is 5.37. The van der Waals surface area contributed by atoms with Gasteiger partial charge in [-0.25, -0.2) is 4.68 Å².